The predicted molar refractivity (Wildman–Crippen MR) is 124 cm³/mol. The van der Waals surface area contributed by atoms with Gasteiger partial charge in [-0.3, -0.25) is 4.98 Å². The molecule has 0 amide bonds. The number of nitrogens with one attached hydrogen (secondary N) is 1. The van der Waals surface area contributed by atoms with Gasteiger partial charge in [-0.25, -0.2) is 4.98 Å². The van der Waals surface area contributed by atoms with E-state index in [-0.39, 0.29) is 19.0 Å². The van der Waals surface area contributed by atoms with Gasteiger partial charge in [0.25, 0.3) is 0 Å². The molecule has 15 heteroatoms. The fraction of sp³-hybridized carbons (Fsp3) is 0.826. The maximum atomic E-state index is 13.1. The average molecular weight is 553 g/mol. The summed E-state index contributed by atoms with van der Waals surface area (Å²) in [6, 6.07) is -0.695. The quantitative estimate of drug-likeness (QED) is 0.300. The number of aromatic nitrogens is 2. The summed E-state index contributed by atoms with van der Waals surface area (Å²) < 4.78 is 85.7. The van der Waals surface area contributed by atoms with Gasteiger partial charge in [0.05, 0.1) is 71.9 Å². The van der Waals surface area contributed by atoms with E-state index in [0.717, 1.165) is 0 Å². The minimum Gasteiger partial charge on any atom is -0.378 e. The number of nitrogens with zero attached hydrogens (tertiary/aromatic N) is 2. The largest absolute Gasteiger partial charge is 0.434 e. The third-order valence-electron chi connectivity index (χ3n) is 6.10. The molecule has 0 radical (unpaired) electrons. The van der Waals surface area contributed by atoms with E-state index in [9.17, 15) is 13.2 Å². The molecule has 3 aliphatic rings. The van der Waals surface area contributed by atoms with Crippen molar-refractivity contribution in [1.82, 2.24) is 9.97 Å². The van der Waals surface area contributed by atoms with Gasteiger partial charge in [-0.05, 0) is 13.8 Å². The molecule has 2 bridgehead atoms. The third-order valence-corrected chi connectivity index (χ3v) is 6.10. The highest BCUT2D eigenvalue weighted by molar-refractivity contribution is 5.36. The molecule has 3 aliphatic heterocycles. The second kappa shape index (κ2) is 12.7. The van der Waals surface area contributed by atoms with Gasteiger partial charge < -0.3 is 48.9 Å². The SMILES string of the molecule is CC1(C)O[C@@H]2[C@@H](Nc3cncc(C(F)(F)F)n3)[C@H]3OC[C@](COCCOCCOCCOCCN)(O3)[C@@H]2O1. The Balaban J connectivity index is 1.27. The Morgan fingerprint density at radius 1 is 0.974 bits per heavy atom. The van der Waals surface area contributed by atoms with E-state index in [1.165, 1.54) is 6.20 Å². The van der Waals surface area contributed by atoms with Crippen LogP contribution in [-0.2, 0) is 44.1 Å². The molecular formula is C23H35F3N4O8. The highest BCUT2D eigenvalue weighted by Gasteiger charge is 2.66. The Morgan fingerprint density at radius 2 is 1.63 bits per heavy atom. The van der Waals surface area contributed by atoms with Crippen LogP contribution in [0.3, 0.4) is 0 Å². The molecule has 3 fully saturated rings. The van der Waals surface area contributed by atoms with Crippen molar-refractivity contribution >= 4 is 5.82 Å². The fourth-order valence-corrected chi connectivity index (χ4v) is 4.50. The normalized spacial score (nSPS) is 29.9. The van der Waals surface area contributed by atoms with Crippen LogP contribution < -0.4 is 11.1 Å². The second-order valence-corrected chi connectivity index (χ2v) is 9.52. The van der Waals surface area contributed by atoms with Crippen molar-refractivity contribution in [1.29, 1.82) is 0 Å². The Hall–Kier alpha value is -1.69. The highest BCUT2D eigenvalue weighted by Crippen LogP contribution is 2.47. The minimum atomic E-state index is -4.63. The summed E-state index contributed by atoms with van der Waals surface area (Å²) in [5.74, 6) is -1.03. The molecule has 216 valence electrons. The number of nitrogens with two attached hydrogens (primary N) is 1. The number of anilines is 1. The van der Waals surface area contributed by atoms with E-state index >= 15 is 0 Å². The maximum Gasteiger partial charge on any atom is 0.434 e. The van der Waals surface area contributed by atoms with E-state index in [1.54, 1.807) is 13.8 Å². The topological polar surface area (TPSA) is 138 Å². The van der Waals surface area contributed by atoms with E-state index in [0.29, 0.717) is 59.0 Å². The lowest BCUT2D eigenvalue weighted by atomic mass is 9.88. The van der Waals surface area contributed by atoms with Crippen LogP contribution >= 0.6 is 0 Å². The number of halogens is 3. The first kappa shape index (κ1) is 29.3. The summed E-state index contributed by atoms with van der Waals surface area (Å²) in [7, 11) is 0. The van der Waals surface area contributed by atoms with Crippen LogP contribution in [0.4, 0.5) is 19.0 Å². The van der Waals surface area contributed by atoms with E-state index in [1.807, 2.05) is 0 Å². The summed E-state index contributed by atoms with van der Waals surface area (Å²) in [5.41, 5.74) is 3.28. The number of ether oxygens (including phenoxy) is 8. The Morgan fingerprint density at radius 3 is 2.29 bits per heavy atom. The molecule has 0 aliphatic carbocycles. The van der Waals surface area contributed by atoms with Gasteiger partial charge in [0, 0.05) is 6.54 Å². The summed E-state index contributed by atoms with van der Waals surface area (Å²) in [4.78, 5) is 7.29. The van der Waals surface area contributed by atoms with Gasteiger partial charge >= 0.3 is 6.18 Å². The monoisotopic (exact) mass is 552 g/mol. The van der Waals surface area contributed by atoms with Crippen LogP contribution in [-0.4, -0.2) is 112 Å². The van der Waals surface area contributed by atoms with Crippen molar-refractivity contribution in [2.75, 3.05) is 71.3 Å². The molecule has 4 heterocycles. The zero-order valence-corrected chi connectivity index (χ0v) is 21.4. The fourth-order valence-electron chi connectivity index (χ4n) is 4.50. The second-order valence-electron chi connectivity index (χ2n) is 9.52. The van der Waals surface area contributed by atoms with Crippen molar-refractivity contribution in [3.05, 3.63) is 18.1 Å². The van der Waals surface area contributed by atoms with E-state index in [2.05, 4.69) is 15.3 Å². The van der Waals surface area contributed by atoms with Gasteiger partial charge in [0.15, 0.2) is 17.8 Å². The molecule has 12 nitrogen and oxygen atoms in total. The lowest BCUT2D eigenvalue weighted by Gasteiger charge is -2.42. The van der Waals surface area contributed by atoms with Crippen LogP contribution in [0.5, 0.6) is 0 Å². The first-order chi connectivity index (χ1) is 18.1. The third kappa shape index (κ3) is 7.28. The molecule has 3 N–H and O–H groups in total. The van der Waals surface area contributed by atoms with Crippen LogP contribution in [0.15, 0.2) is 12.4 Å². The van der Waals surface area contributed by atoms with Crippen molar-refractivity contribution in [3.8, 4) is 0 Å². The molecule has 1 aromatic rings. The summed E-state index contributed by atoms with van der Waals surface area (Å²) in [6.07, 6.45) is -4.80. The average Bonchev–Trinajstić information content (AvgIpc) is 3.42. The highest BCUT2D eigenvalue weighted by atomic mass is 19.4. The standard InChI is InChI=1S/C23H35F3N4O8/c1-21(2)36-18-17(30-16-12-28-11-15(29-16)23(24,25)26)20-35-14-22(38-20,19(18)37-21)13-34-10-9-33-8-7-32-6-5-31-4-3-27/h11-12,17-20H,3-10,13-14,27H2,1-2H3,(H,29,30)/t17-,18-,19-,20+,22+/m1/s1. The molecule has 5 atom stereocenters. The summed E-state index contributed by atoms with van der Waals surface area (Å²) in [6.45, 7) is 7.27. The molecule has 38 heavy (non-hydrogen) atoms. The van der Waals surface area contributed by atoms with Crippen molar-refractivity contribution in [2.24, 2.45) is 5.73 Å². The molecular weight excluding hydrogens is 517 g/mol. The predicted octanol–water partition coefficient (Wildman–Crippen LogP) is 0.946. The maximum absolute atomic E-state index is 13.1. The zero-order chi connectivity index (χ0) is 27.2. The molecule has 0 saturated carbocycles. The number of hydrogen-bond acceptors (Lipinski definition) is 12. The Labute approximate surface area is 218 Å². The van der Waals surface area contributed by atoms with Gasteiger partial charge in [-0.15, -0.1) is 0 Å². The lowest BCUT2D eigenvalue weighted by Crippen LogP contribution is -2.63. The molecule has 1 aromatic heterocycles. The zero-order valence-electron chi connectivity index (χ0n) is 21.4. The number of fused-ring (bicyclic) bond motifs is 4. The van der Waals surface area contributed by atoms with Crippen LogP contribution in [0.2, 0.25) is 0 Å². The Bertz CT molecular complexity index is 898. The van der Waals surface area contributed by atoms with Gasteiger partial charge in [-0.2, -0.15) is 13.2 Å². The van der Waals surface area contributed by atoms with Gasteiger partial charge in [-0.1, -0.05) is 0 Å². The molecule has 0 spiro atoms. The smallest absolute Gasteiger partial charge is 0.378 e. The van der Waals surface area contributed by atoms with Gasteiger partial charge in [0.1, 0.15) is 29.7 Å². The number of alkyl halides is 3. The van der Waals surface area contributed by atoms with Crippen LogP contribution in [0, 0.1) is 0 Å². The van der Waals surface area contributed by atoms with E-state index < -0.39 is 47.8 Å². The van der Waals surface area contributed by atoms with Crippen molar-refractivity contribution < 1.29 is 51.1 Å². The first-order valence-corrected chi connectivity index (χ1v) is 12.5. The molecule has 4 rings (SSSR count). The first-order valence-electron chi connectivity index (χ1n) is 12.5. The molecule has 0 aromatic carbocycles. The number of hydrogen-bond donors (Lipinski definition) is 2. The Kier molecular flexibility index (Phi) is 9.76. The molecule has 0 unspecified atom stereocenters. The number of rotatable bonds is 15. The summed E-state index contributed by atoms with van der Waals surface area (Å²) >= 11 is 0. The van der Waals surface area contributed by atoms with E-state index in [4.69, 9.17) is 43.6 Å². The lowest BCUT2D eigenvalue weighted by molar-refractivity contribution is -0.208. The minimum absolute atomic E-state index is 0.0797. The summed E-state index contributed by atoms with van der Waals surface area (Å²) in [5, 5.41) is 2.95. The molecule has 3 saturated heterocycles. The van der Waals surface area contributed by atoms with Crippen LogP contribution in [0.1, 0.15) is 19.5 Å². The van der Waals surface area contributed by atoms with Crippen LogP contribution in [0.25, 0.3) is 0 Å². The van der Waals surface area contributed by atoms with Gasteiger partial charge in [0.2, 0.25) is 0 Å². The van der Waals surface area contributed by atoms with Crippen molar-refractivity contribution in [2.45, 2.75) is 56.0 Å². The van der Waals surface area contributed by atoms with Crippen molar-refractivity contribution in [3.63, 3.8) is 0 Å².